The second kappa shape index (κ2) is 13.0. The first-order valence-corrected chi connectivity index (χ1v) is 17.3. The lowest BCUT2D eigenvalue weighted by Crippen LogP contribution is -2.37. The van der Waals surface area contributed by atoms with Gasteiger partial charge in [-0.3, -0.25) is 4.68 Å². The number of anilines is 4. The van der Waals surface area contributed by atoms with Crippen LogP contribution in [0.15, 0.2) is 29.6 Å². The molecule has 0 unspecified atom stereocenters. The molecule has 2 fully saturated rings. The summed E-state index contributed by atoms with van der Waals surface area (Å²) in [5.41, 5.74) is 3.65. The van der Waals surface area contributed by atoms with Crippen LogP contribution < -0.4 is 20.7 Å². The normalized spacial score (nSPS) is 19.2. The van der Waals surface area contributed by atoms with Crippen molar-refractivity contribution >= 4 is 44.6 Å². The molecule has 10 nitrogen and oxygen atoms in total. The molecular formula is C31H44ClN7O3S. The molecule has 2 aliphatic carbocycles. The molecule has 5 rings (SSSR count). The average molecular weight is 630 g/mol. The van der Waals surface area contributed by atoms with Crippen molar-refractivity contribution < 1.29 is 13.2 Å². The molecule has 2 heterocycles. The molecule has 1 aromatic carbocycles. The van der Waals surface area contributed by atoms with Crippen LogP contribution in [-0.2, 0) is 16.9 Å². The minimum Gasteiger partial charge on any atom is -0.488 e. The predicted molar refractivity (Wildman–Crippen MR) is 172 cm³/mol. The zero-order chi connectivity index (χ0) is 30.9. The summed E-state index contributed by atoms with van der Waals surface area (Å²) in [6, 6.07) is 5.41. The van der Waals surface area contributed by atoms with E-state index < -0.39 is 9.84 Å². The molecule has 0 radical (unpaired) electrons. The summed E-state index contributed by atoms with van der Waals surface area (Å²) < 4.78 is 33.9. The SMILES string of the molecule is Cc1cc(Nc2ncc(Cl)c(Nc3cn(C)nc3S(=O)(=O)CC(C)C)n2)c(OC2CC2)cc1[C@H]1CC[C@H](NC(C)C)CC1. The van der Waals surface area contributed by atoms with Crippen LogP contribution >= 0.6 is 11.6 Å². The van der Waals surface area contributed by atoms with Gasteiger partial charge in [-0.2, -0.15) is 10.1 Å². The van der Waals surface area contributed by atoms with Gasteiger partial charge in [0.15, 0.2) is 15.7 Å². The van der Waals surface area contributed by atoms with E-state index in [4.69, 9.17) is 16.3 Å². The molecule has 0 saturated heterocycles. The zero-order valence-electron chi connectivity index (χ0n) is 25.9. The van der Waals surface area contributed by atoms with E-state index in [1.807, 2.05) is 13.8 Å². The van der Waals surface area contributed by atoms with Crippen LogP contribution in [0.5, 0.6) is 5.75 Å². The summed E-state index contributed by atoms with van der Waals surface area (Å²) in [6.45, 7) is 10.3. The summed E-state index contributed by atoms with van der Waals surface area (Å²) in [7, 11) is -1.94. The van der Waals surface area contributed by atoms with E-state index in [1.165, 1.54) is 34.8 Å². The van der Waals surface area contributed by atoms with Gasteiger partial charge in [-0.25, -0.2) is 13.4 Å². The first-order valence-electron chi connectivity index (χ1n) is 15.3. The highest BCUT2D eigenvalue weighted by molar-refractivity contribution is 7.91. The Morgan fingerprint density at radius 3 is 2.42 bits per heavy atom. The summed E-state index contributed by atoms with van der Waals surface area (Å²) in [4.78, 5) is 9.01. The number of benzene rings is 1. The van der Waals surface area contributed by atoms with Gasteiger partial charge in [-0.15, -0.1) is 0 Å². The predicted octanol–water partition coefficient (Wildman–Crippen LogP) is 6.65. The molecule has 43 heavy (non-hydrogen) atoms. The van der Waals surface area contributed by atoms with Gasteiger partial charge in [-0.05, 0) is 80.5 Å². The van der Waals surface area contributed by atoms with Gasteiger partial charge in [0, 0.05) is 25.3 Å². The average Bonchev–Trinajstić information content (AvgIpc) is 3.66. The lowest BCUT2D eigenvalue weighted by Gasteiger charge is -2.32. The smallest absolute Gasteiger partial charge is 0.229 e. The van der Waals surface area contributed by atoms with Crippen LogP contribution in [0.25, 0.3) is 0 Å². The minimum atomic E-state index is -3.62. The van der Waals surface area contributed by atoms with Gasteiger partial charge in [0.25, 0.3) is 0 Å². The van der Waals surface area contributed by atoms with Crippen LogP contribution in [0, 0.1) is 12.8 Å². The molecule has 0 spiro atoms. The first kappa shape index (κ1) is 31.5. The zero-order valence-corrected chi connectivity index (χ0v) is 27.5. The molecular weight excluding hydrogens is 586 g/mol. The Labute approximate surface area is 260 Å². The number of nitrogens with zero attached hydrogens (tertiary/aromatic N) is 4. The number of hydrogen-bond donors (Lipinski definition) is 3. The van der Waals surface area contributed by atoms with Gasteiger partial charge in [0.05, 0.1) is 29.4 Å². The largest absolute Gasteiger partial charge is 0.488 e. The third-order valence-electron chi connectivity index (χ3n) is 7.81. The maximum atomic E-state index is 13.0. The number of ether oxygens (including phenoxy) is 1. The monoisotopic (exact) mass is 629 g/mol. The van der Waals surface area contributed by atoms with Gasteiger partial charge in [0.1, 0.15) is 10.8 Å². The van der Waals surface area contributed by atoms with Crippen molar-refractivity contribution in [2.24, 2.45) is 13.0 Å². The molecule has 2 saturated carbocycles. The maximum Gasteiger partial charge on any atom is 0.229 e. The lowest BCUT2D eigenvalue weighted by atomic mass is 9.80. The van der Waals surface area contributed by atoms with Crippen LogP contribution in [0.4, 0.5) is 23.1 Å². The fourth-order valence-corrected chi connectivity index (χ4v) is 7.68. The molecule has 2 aliphatic rings. The summed E-state index contributed by atoms with van der Waals surface area (Å²) in [5, 5.41) is 14.6. The van der Waals surface area contributed by atoms with Crippen molar-refractivity contribution in [1.82, 2.24) is 25.1 Å². The summed E-state index contributed by atoms with van der Waals surface area (Å²) in [5.74, 6) is 1.83. The van der Waals surface area contributed by atoms with E-state index in [1.54, 1.807) is 13.2 Å². The van der Waals surface area contributed by atoms with Crippen molar-refractivity contribution in [2.75, 3.05) is 16.4 Å². The number of sulfone groups is 1. The van der Waals surface area contributed by atoms with Gasteiger partial charge >= 0.3 is 0 Å². The van der Waals surface area contributed by atoms with Crippen LogP contribution in [-0.4, -0.2) is 52.1 Å². The number of hydrogen-bond acceptors (Lipinski definition) is 9. The fourth-order valence-electron chi connectivity index (χ4n) is 5.81. The van der Waals surface area contributed by atoms with E-state index in [0.717, 1.165) is 37.1 Å². The molecule has 0 atom stereocenters. The second-order valence-electron chi connectivity index (χ2n) is 12.7. The number of nitrogens with one attached hydrogen (secondary N) is 3. The Bertz CT molecular complexity index is 1540. The highest BCUT2D eigenvalue weighted by Crippen LogP contribution is 2.41. The molecule has 3 N–H and O–H groups in total. The van der Waals surface area contributed by atoms with Crippen molar-refractivity contribution in [3.8, 4) is 5.75 Å². The highest BCUT2D eigenvalue weighted by atomic mass is 35.5. The molecule has 234 valence electrons. The first-order chi connectivity index (χ1) is 20.4. The van der Waals surface area contributed by atoms with Crippen LogP contribution in [0.3, 0.4) is 0 Å². The molecule has 2 aromatic heterocycles. The fraction of sp³-hybridized carbons (Fsp3) is 0.581. The summed E-state index contributed by atoms with van der Waals surface area (Å²) >= 11 is 6.46. The van der Waals surface area contributed by atoms with Crippen molar-refractivity contribution in [3.05, 3.63) is 40.7 Å². The lowest BCUT2D eigenvalue weighted by molar-refractivity contribution is 0.302. The minimum absolute atomic E-state index is 0.0155. The Morgan fingerprint density at radius 1 is 1.05 bits per heavy atom. The van der Waals surface area contributed by atoms with Crippen LogP contribution in [0.1, 0.15) is 83.3 Å². The molecule has 0 amide bonds. The summed E-state index contributed by atoms with van der Waals surface area (Å²) in [6.07, 6.45) is 10.1. The van der Waals surface area contributed by atoms with E-state index in [9.17, 15) is 8.42 Å². The van der Waals surface area contributed by atoms with E-state index in [-0.39, 0.29) is 33.6 Å². The Morgan fingerprint density at radius 2 is 1.77 bits per heavy atom. The van der Waals surface area contributed by atoms with Crippen molar-refractivity contribution in [1.29, 1.82) is 0 Å². The van der Waals surface area contributed by atoms with Gasteiger partial charge in [-0.1, -0.05) is 39.3 Å². The third-order valence-corrected chi connectivity index (χ3v) is 10.1. The highest BCUT2D eigenvalue weighted by Gasteiger charge is 2.29. The number of halogens is 1. The van der Waals surface area contributed by atoms with Gasteiger partial charge in [0.2, 0.25) is 11.0 Å². The number of rotatable bonds is 12. The van der Waals surface area contributed by atoms with Crippen molar-refractivity contribution in [3.63, 3.8) is 0 Å². The van der Waals surface area contributed by atoms with Crippen LogP contribution in [0.2, 0.25) is 5.02 Å². The standard InChI is InChI=1S/C31H44ClN7O3S/c1-18(2)17-43(40,41)30-27(16-39(6)38-30)35-29-25(32)15-33-31(37-29)36-26-13-20(5)24(14-28(26)42-23-11-12-23)21-7-9-22(10-8-21)34-19(3)4/h13-16,18-19,21-23,34H,7-12,17H2,1-6H3,(H2,33,35,36,37)/t21-,22-. The second-order valence-corrected chi connectivity index (χ2v) is 15.1. The molecule has 0 aliphatic heterocycles. The third kappa shape index (κ3) is 7.99. The van der Waals surface area contributed by atoms with Crippen molar-refractivity contribution in [2.45, 2.75) is 102 Å². The van der Waals surface area contributed by atoms with E-state index in [2.05, 4.69) is 63.9 Å². The van der Waals surface area contributed by atoms with E-state index in [0.29, 0.717) is 29.6 Å². The Hall–Kier alpha value is -2.89. The van der Waals surface area contributed by atoms with E-state index >= 15 is 0 Å². The molecule has 0 bridgehead atoms. The number of aromatic nitrogens is 4. The number of aryl methyl sites for hydroxylation is 2. The Kier molecular flexibility index (Phi) is 9.53. The maximum absolute atomic E-state index is 13.0. The topological polar surface area (TPSA) is 123 Å². The molecule has 12 heteroatoms. The molecule has 3 aromatic rings. The quantitative estimate of drug-likeness (QED) is 0.202. The Balaban J connectivity index is 1.38. The van der Waals surface area contributed by atoms with Gasteiger partial charge < -0.3 is 20.7 Å².